The van der Waals surface area contributed by atoms with Crippen LogP contribution in [0.4, 0.5) is 11.4 Å². The predicted molar refractivity (Wildman–Crippen MR) is 185 cm³/mol. The van der Waals surface area contributed by atoms with Gasteiger partial charge in [0, 0.05) is 49.3 Å². The molecule has 2 heterocycles. The van der Waals surface area contributed by atoms with Crippen molar-refractivity contribution in [1.82, 2.24) is 5.32 Å². The summed E-state index contributed by atoms with van der Waals surface area (Å²) in [6.45, 7) is 0.375. The first-order valence-electron chi connectivity index (χ1n) is 16.2. The molecule has 0 radical (unpaired) electrons. The van der Waals surface area contributed by atoms with Crippen LogP contribution in [0.2, 0.25) is 0 Å². The molecule has 5 N–H and O–H groups in total. The monoisotopic (exact) mass is 670 g/mol. The highest BCUT2D eigenvalue weighted by Crippen LogP contribution is 2.39. The molecule has 11 heteroatoms. The quantitative estimate of drug-likeness (QED) is 0.0399. The Bertz CT molecular complexity index is 1640. The maximum Gasteiger partial charge on any atom is 0.251 e. The molecule has 0 aliphatic carbocycles. The third-order valence-electron chi connectivity index (χ3n) is 8.10. The number of anilines is 2. The Morgan fingerprint density at radius 3 is 2.27 bits per heavy atom. The molecule has 1 aliphatic heterocycles. The average Bonchev–Trinajstić information content (AvgIpc) is 3.11. The predicted octanol–water partition coefficient (Wildman–Crippen LogP) is 5.94. The van der Waals surface area contributed by atoms with Crippen molar-refractivity contribution in [2.24, 2.45) is 0 Å². The Morgan fingerprint density at radius 2 is 1.54 bits per heavy atom. The van der Waals surface area contributed by atoms with Gasteiger partial charge in [0.1, 0.15) is 0 Å². The van der Waals surface area contributed by atoms with Gasteiger partial charge in [-0.1, -0.05) is 78.8 Å². The van der Waals surface area contributed by atoms with Crippen LogP contribution < -0.4 is 21.1 Å². The van der Waals surface area contributed by atoms with Gasteiger partial charge in [0.05, 0.1) is 30.2 Å². The third kappa shape index (κ3) is 10.3. The fourth-order valence-corrected chi connectivity index (χ4v) is 6.31. The summed E-state index contributed by atoms with van der Waals surface area (Å²) in [7, 11) is 0. The summed E-state index contributed by atoms with van der Waals surface area (Å²) in [5.41, 5.74) is 10.7. The number of carbonyl (C=O) groups excluding carboxylic acids is 2. The van der Waals surface area contributed by atoms with Gasteiger partial charge >= 0.3 is 0 Å². The molecule has 2 amide bonds. The number of para-hydroxylation sites is 2. The Morgan fingerprint density at radius 1 is 0.854 bits per heavy atom. The Kier molecular flexibility index (Phi) is 12.8. The number of ether oxygens (including phenoxy) is 2. The number of unbranched alkanes of at least 4 members (excludes halogenated alkanes) is 2. The molecule has 5 rings (SSSR count). The number of nitrogens with two attached hydrogens (primary N) is 1. The second-order valence-electron chi connectivity index (χ2n) is 11.7. The lowest BCUT2D eigenvalue weighted by molar-refractivity contribution is -0.645. The van der Waals surface area contributed by atoms with Crippen LogP contribution in [-0.4, -0.2) is 28.8 Å². The molecule has 252 valence electrons. The van der Waals surface area contributed by atoms with Gasteiger partial charge in [0.2, 0.25) is 11.8 Å². The normalized spacial score (nSPS) is 17.5. The van der Waals surface area contributed by atoms with Crippen LogP contribution in [0, 0.1) is 5.21 Å². The third-order valence-corrected chi connectivity index (χ3v) is 9.26. The van der Waals surface area contributed by atoms with Crippen molar-refractivity contribution in [2.75, 3.05) is 16.8 Å². The Balaban J connectivity index is 1.09. The van der Waals surface area contributed by atoms with Gasteiger partial charge in [0.15, 0.2) is 12.5 Å². The molecule has 1 aromatic heterocycles. The summed E-state index contributed by atoms with van der Waals surface area (Å²) in [6.07, 6.45) is 4.02. The molecular weight excluding hydrogens is 628 g/mol. The number of pyridine rings is 1. The van der Waals surface area contributed by atoms with E-state index < -0.39 is 6.29 Å². The minimum absolute atomic E-state index is 0.0257. The van der Waals surface area contributed by atoms with Crippen molar-refractivity contribution < 1.29 is 28.9 Å². The lowest BCUT2D eigenvalue weighted by Gasteiger charge is -2.36. The number of nitrogen functional groups attached to an aromatic ring is 1. The lowest BCUT2D eigenvalue weighted by atomic mass is 10.0. The molecule has 0 unspecified atom stereocenters. The van der Waals surface area contributed by atoms with Gasteiger partial charge in [-0.25, -0.2) is 0 Å². The smallest absolute Gasteiger partial charge is 0.251 e. The largest absolute Gasteiger partial charge is 0.618 e. The highest BCUT2D eigenvalue weighted by molar-refractivity contribution is 7.99. The van der Waals surface area contributed by atoms with Gasteiger partial charge in [-0.05, 0) is 47.7 Å². The van der Waals surface area contributed by atoms with Crippen LogP contribution in [0.1, 0.15) is 73.2 Å². The average molecular weight is 671 g/mol. The highest BCUT2D eigenvalue weighted by Gasteiger charge is 2.32. The number of hydrogen-bond acceptors (Lipinski definition) is 8. The van der Waals surface area contributed by atoms with Crippen molar-refractivity contribution >= 4 is 35.0 Å². The van der Waals surface area contributed by atoms with E-state index in [1.54, 1.807) is 24.3 Å². The molecule has 1 saturated heterocycles. The van der Waals surface area contributed by atoms with Gasteiger partial charge in [-0.15, -0.1) is 0 Å². The first-order chi connectivity index (χ1) is 23.4. The minimum Gasteiger partial charge on any atom is -0.618 e. The molecule has 10 nitrogen and oxygen atoms in total. The number of thioether (sulfide) groups is 1. The zero-order chi connectivity index (χ0) is 33.7. The topological polar surface area (TPSA) is 150 Å². The fraction of sp³-hybridized carbons (Fsp3) is 0.324. The summed E-state index contributed by atoms with van der Waals surface area (Å²) < 4.78 is 13.7. The number of rotatable bonds is 15. The number of carbonyl (C=O) groups is 2. The van der Waals surface area contributed by atoms with E-state index >= 15 is 0 Å². The molecule has 3 aromatic carbocycles. The molecule has 4 aromatic rings. The number of nitrogens with zero attached hydrogens (tertiary/aromatic N) is 1. The van der Waals surface area contributed by atoms with Crippen molar-refractivity contribution in [3.8, 4) is 0 Å². The van der Waals surface area contributed by atoms with Gasteiger partial charge < -0.3 is 36.2 Å². The molecule has 3 atom stereocenters. The van der Waals surface area contributed by atoms with E-state index in [1.165, 1.54) is 18.0 Å². The number of benzene rings is 3. The van der Waals surface area contributed by atoms with E-state index in [1.807, 2.05) is 66.7 Å². The van der Waals surface area contributed by atoms with E-state index in [0.717, 1.165) is 33.4 Å². The standard InChI is InChI=1S/C37H42N4O6S/c38-31-8-4-5-9-32(31)40-35(44)11-3-1-2-10-34(43)39-23-26-13-19-29(20-14-26)37-46-30(25-48-36-12-6-7-21-41(36)45)22-33(47-37)28-17-15-27(24-42)16-18-28/h4-9,12-21,30,33,37,42H,1-3,10-11,22-25,38H2,(H,39,43)(H,40,44)/t30-,33+,37+/m0/s1. The Labute approximate surface area is 285 Å². The molecule has 0 bridgehead atoms. The summed E-state index contributed by atoms with van der Waals surface area (Å²) in [5, 5.41) is 28.0. The van der Waals surface area contributed by atoms with Gasteiger partial charge in [-0.3, -0.25) is 9.59 Å². The number of hydrogen-bond donors (Lipinski definition) is 4. The van der Waals surface area contributed by atoms with Crippen LogP contribution in [-0.2, 0) is 32.2 Å². The number of amides is 2. The number of nitrogens with one attached hydrogen (secondary N) is 2. The SMILES string of the molecule is Nc1ccccc1NC(=O)CCCCCC(=O)NCc1ccc([C@@H]2O[C@H](CSc3cccc[n+]3[O-])C[C@H](c3ccc(CO)cc3)O2)cc1. The summed E-state index contributed by atoms with van der Waals surface area (Å²) in [6, 6.07) is 28.0. The van der Waals surface area contributed by atoms with Crippen molar-refractivity contribution in [2.45, 2.75) is 75.2 Å². The van der Waals surface area contributed by atoms with Crippen LogP contribution in [0.25, 0.3) is 0 Å². The van der Waals surface area contributed by atoms with Crippen LogP contribution in [0.5, 0.6) is 0 Å². The zero-order valence-electron chi connectivity index (χ0n) is 26.8. The van der Waals surface area contributed by atoms with Crippen LogP contribution in [0.3, 0.4) is 0 Å². The summed E-state index contributed by atoms with van der Waals surface area (Å²) in [4.78, 5) is 24.6. The number of aliphatic hydroxyl groups is 1. The van der Waals surface area contributed by atoms with Gasteiger partial charge in [-0.2, -0.15) is 4.73 Å². The van der Waals surface area contributed by atoms with E-state index in [2.05, 4.69) is 10.6 Å². The molecule has 0 spiro atoms. The van der Waals surface area contributed by atoms with E-state index in [-0.39, 0.29) is 30.6 Å². The maximum atomic E-state index is 12.5. The van der Waals surface area contributed by atoms with Gasteiger partial charge in [0.25, 0.3) is 5.03 Å². The number of aromatic nitrogens is 1. The molecule has 1 fully saturated rings. The van der Waals surface area contributed by atoms with E-state index in [4.69, 9.17) is 15.2 Å². The van der Waals surface area contributed by atoms with Crippen LogP contribution >= 0.6 is 11.8 Å². The van der Waals surface area contributed by atoms with Crippen molar-refractivity contribution in [1.29, 1.82) is 0 Å². The molecule has 0 saturated carbocycles. The van der Waals surface area contributed by atoms with E-state index in [9.17, 15) is 19.9 Å². The minimum atomic E-state index is -0.613. The Hall–Kier alpha value is -4.42. The number of aliphatic hydroxyl groups excluding tert-OH is 1. The second kappa shape index (κ2) is 17.7. The highest BCUT2D eigenvalue weighted by atomic mass is 32.2. The fourth-order valence-electron chi connectivity index (χ4n) is 5.38. The van der Waals surface area contributed by atoms with Crippen molar-refractivity contribution in [3.63, 3.8) is 0 Å². The maximum absolute atomic E-state index is 12.5. The summed E-state index contributed by atoms with van der Waals surface area (Å²) >= 11 is 1.45. The van der Waals surface area contributed by atoms with Crippen molar-refractivity contribution in [3.05, 3.63) is 125 Å². The second-order valence-corrected chi connectivity index (χ2v) is 12.8. The lowest BCUT2D eigenvalue weighted by Crippen LogP contribution is -2.32. The molecule has 1 aliphatic rings. The zero-order valence-corrected chi connectivity index (χ0v) is 27.6. The summed E-state index contributed by atoms with van der Waals surface area (Å²) in [5.74, 6) is 0.459. The molecular formula is C37H42N4O6S. The molecule has 48 heavy (non-hydrogen) atoms. The van der Waals surface area contributed by atoms with Crippen LogP contribution in [0.15, 0.2) is 102 Å². The first-order valence-corrected chi connectivity index (χ1v) is 17.2. The first kappa shape index (κ1) is 34.9. The van der Waals surface area contributed by atoms with E-state index in [0.29, 0.717) is 60.8 Å².